The van der Waals surface area contributed by atoms with Crippen LogP contribution in [0.3, 0.4) is 0 Å². The smallest absolute Gasteiger partial charge is 0.281 e. The lowest BCUT2D eigenvalue weighted by Gasteiger charge is -2.56. The lowest BCUT2D eigenvalue weighted by atomic mass is 9.50. The molecule has 4 bridgehead atoms. The van der Waals surface area contributed by atoms with Crippen LogP contribution in [0.1, 0.15) is 38.5 Å². The van der Waals surface area contributed by atoms with Crippen LogP contribution in [0.15, 0.2) is 0 Å². The number of sulfonamides is 1. The van der Waals surface area contributed by atoms with Crippen molar-refractivity contribution in [1.82, 2.24) is 4.72 Å². The maximum absolute atomic E-state index is 13.7. The third kappa shape index (κ3) is 2.98. The van der Waals surface area contributed by atoms with Crippen molar-refractivity contribution < 1.29 is 39.0 Å². The Hall–Kier alpha value is -0.460. The van der Waals surface area contributed by atoms with Gasteiger partial charge in [0, 0.05) is 6.54 Å². The number of rotatable bonds is 6. The van der Waals surface area contributed by atoms with Crippen LogP contribution in [0.2, 0.25) is 0 Å². The molecule has 0 atom stereocenters. The van der Waals surface area contributed by atoms with E-state index in [2.05, 4.69) is 0 Å². The molecule has 0 aromatic rings. The molecular weight excluding hydrogens is 390 g/mol. The molecule has 4 rings (SSSR count). The van der Waals surface area contributed by atoms with Crippen LogP contribution in [0.4, 0.5) is 17.6 Å². The standard InChI is InChI=1S/C13H19F4NO5S2/c14-12(15,13(16,17)25(21,22)23)24(19,20)18-7-11-4-8-1-9(5-11)3-10(2-8)6-11/h8-10,18H,1-7H2,(H,21,22,23). The number of nitrogens with one attached hydrogen (secondary N) is 1. The molecule has 0 radical (unpaired) electrons. The molecule has 0 aliphatic heterocycles. The summed E-state index contributed by atoms with van der Waals surface area (Å²) in [6.07, 6.45) is 4.97. The molecule has 4 fully saturated rings. The minimum Gasteiger partial charge on any atom is -0.281 e. The zero-order chi connectivity index (χ0) is 18.9. The Morgan fingerprint density at radius 2 is 1.28 bits per heavy atom. The first kappa shape index (κ1) is 19.3. The Morgan fingerprint density at radius 1 is 0.880 bits per heavy atom. The van der Waals surface area contributed by atoms with Crippen LogP contribution >= 0.6 is 0 Å². The average molecular weight is 409 g/mol. The van der Waals surface area contributed by atoms with Gasteiger partial charge in [-0.25, -0.2) is 13.1 Å². The number of hydrogen-bond acceptors (Lipinski definition) is 4. The van der Waals surface area contributed by atoms with Gasteiger partial charge in [-0.3, -0.25) is 4.55 Å². The monoisotopic (exact) mass is 409 g/mol. The zero-order valence-corrected chi connectivity index (χ0v) is 14.7. The van der Waals surface area contributed by atoms with Gasteiger partial charge in [-0.1, -0.05) is 0 Å². The third-order valence-electron chi connectivity index (χ3n) is 5.80. The third-order valence-corrected chi connectivity index (χ3v) is 8.29. The SMILES string of the molecule is O=S(=O)(O)C(F)(F)C(F)(F)S(=O)(=O)NCC12CC3CC(CC(C3)C1)C2. The Bertz CT molecular complexity index is 730. The maximum atomic E-state index is 13.7. The number of halogens is 4. The molecule has 146 valence electrons. The molecule has 0 unspecified atom stereocenters. The van der Waals surface area contributed by atoms with Crippen molar-refractivity contribution in [2.45, 2.75) is 49.0 Å². The van der Waals surface area contributed by atoms with E-state index in [1.54, 1.807) is 0 Å². The van der Waals surface area contributed by atoms with Crippen molar-refractivity contribution in [3.05, 3.63) is 0 Å². The van der Waals surface area contributed by atoms with Crippen molar-refractivity contribution in [2.24, 2.45) is 23.2 Å². The first-order valence-corrected chi connectivity index (χ1v) is 10.8. The van der Waals surface area contributed by atoms with Gasteiger partial charge < -0.3 is 0 Å². The molecule has 0 aromatic carbocycles. The predicted octanol–water partition coefficient (Wildman–Crippen LogP) is 2.20. The van der Waals surface area contributed by atoms with E-state index >= 15 is 0 Å². The Labute approximate surface area is 143 Å². The Balaban J connectivity index is 1.78. The number of hydrogen-bond donors (Lipinski definition) is 2. The summed E-state index contributed by atoms with van der Waals surface area (Å²) in [4.78, 5) is 0. The van der Waals surface area contributed by atoms with Gasteiger partial charge in [0.15, 0.2) is 0 Å². The van der Waals surface area contributed by atoms with Crippen LogP contribution < -0.4 is 4.72 Å². The van der Waals surface area contributed by atoms with Gasteiger partial charge in [0.25, 0.3) is 10.0 Å². The van der Waals surface area contributed by atoms with Gasteiger partial charge in [-0.2, -0.15) is 26.0 Å². The Kier molecular flexibility index (Phi) is 4.26. The van der Waals surface area contributed by atoms with Crippen LogP contribution in [-0.4, -0.2) is 38.4 Å². The van der Waals surface area contributed by atoms with Crippen molar-refractivity contribution in [1.29, 1.82) is 0 Å². The summed E-state index contributed by atoms with van der Waals surface area (Å²) in [5.74, 6) is 1.15. The minimum atomic E-state index is -6.61. The normalized spacial score (nSPS) is 36.0. The summed E-state index contributed by atoms with van der Waals surface area (Å²) in [6.45, 7) is -0.435. The molecule has 4 aliphatic carbocycles. The summed E-state index contributed by atoms with van der Waals surface area (Å²) < 4.78 is 108. The molecule has 4 saturated carbocycles. The average Bonchev–Trinajstić information content (AvgIpc) is 2.42. The molecule has 0 spiro atoms. The van der Waals surface area contributed by atoms with Crippen molar-refractivity contribution in [3.8, 4) is 0 Å². The van der Waals surface area contributed by atoms with Gasteiger partial charge in [0.05, 0.1) is 0 Å². The van der Waals surface area contributed by atoms with Gasteiger partial charge in [0.2, 0.25) is 0 Å². The quantitative estimate of drug-likeness (QED) is 0.517. The van der Waals surface area contributed by atoms with Crippen LogP contribution in [-0.2, 0) is 20.1 Å². The van der Waals surface area contributed by atoms with Gasteiger partial charge in [-0.15, -0.1) is 0 Å². The van der Waals surface area contributed by atoms with E-state index in [4.69, 9.17) is 4.55 Å². The fourth-order valence-corrected chi connectivity index (χ4v) is 7.09. The van der Waals surface area contributed by atoms with Crippen LogP contribution in [0, 0.1) is 23.2 Å². The van der Waals surface area contributed by atoms with Crippen molar-refractivity contribution >= 4 is 20.1 Å². The molecule has 4 aliphatic rings. The van der Waals surface area contributed by atoms with Crippen LogP contribution in [0.5, 0.6) is 0 Å². The molecule has 2 N–H and O–H groups in total. The van der Waals surface area contributed by atoms with Crippen molar-refractivity contribution in [2.75, 3.05) is 6.54 Å². The van der Waals surface area contributed by atoms with Crippen molar-refractivity contribution in [3.63, 3.8) is 0 Å². The zero-order valence-electron chi connectivity index (χ0n) is 13.1. The second-order valence-electron chi connectivity index (χ2n) is 7.75. The Morgan fingerprint density at radius 3 is 1.64 bits per heavy atom. The second-order valence-corrected chi connectivity index (χ2v) is 11.0. The fraction of sp³-hybridized carbons (Fsp3) is 1.00. The highest BCUT2D eigenvalue weighted by atomic mass is 32.2. The molecule has 0 heterocycles. The lowest BCUT2D eigenvalue weighted by molar-refractivity contribution is -0.102. The van der Waals surface area contributed by atoms with E-state index in [9.17, 15) is 34.4 Å². The topological polar surface area (TPSA) is 101 Å². The van der Waals surface area contributed by atoms with Gasteiger partial charge in [-0.05, 0) is 61.7 Å². The molecule has 0 amide bonds. The predicted molar refractivity (Wildman–Crippen MR) is 79.0 cm³/mol. The summed E-state index contributed by atoms with van der Waals surface area (Å²) in [5, 5.41) is -12.1. The largest absolute Gasteiger partial charge is 0.448 e. The maximum Gasteiger partial charge on any atom is 0.448 e. The lowest BCUT2D eigenvalue weighted by Crippen LogP contribution is -2.58. The first-order valence-electron chi connectivity index (χ1n) is 7.91. The highest BCUT2D eigenvalue weighted by Crippen LogP contribution is 2.59. The van der Waals surface area contributed by atoms with Crippen LogP contribution in [0.25, 0.3) is 0 Å². The summed E-state index contributed by atoms with van der Waals surface area (Å²) >= 11 is 0. The highest BCUT2D eigenvalue weighted by Gasteiger charge is 2.73. The fourth-order valence-electron chi connectivity index (χ4n) is 5.15. The minimum absolute atomic E-state index is 0.385. The van der Waals surface area contributed by atoms with Gasteiger partial charge >= 0.3 is 20.6 Å². The van der Waals surface area contributed by atoms with Gasteiger partial charge in [0.1, 0.15) is 0 Å². The molecular formula is C13H19F4NO5S2. The van der Waals surface area contributed by atoms with E-state index in [-0.39, 0.29) is 0 Å². The number of alkyl halides is 4. The summed E-state index contributed by atoms with van der Waals surface area (Å²) in [6, 6.07) is 0. The van der Waals surface area contributed by atoms with E-state index in [0.29, 0.717) is 37.0 Å². The van der Waals surface area contributed by atoms with E-state index < -0.39 is 42.6 Å². The molecule has 0 aromatic heterocycles. The molecule has 25 heavy (non-hydrogen) atoms. The molecule has 12 heteroatoms. The second kappa shape index (κ2) is 5.52. The first-order chi connectivity index (χ1) is 11.2. The highest BCUT2D eigenvalue weighted by molar-refractivity contribution is 7.93. The molecule has 0 saturated heterocycles. The molecule has 6 nitrogen and oxygen atoms in total. The van der Waals surface area contributed by atoms with E-state index in [0.717, 1.165) is 19.3 Å². The van der Waals surface area contributed by atoms with E-state index in [1.807, 2.05) is 0 Å². The van der Waals surface area contributed by atoms with E-state index in [1.165, 1.54) is 4.72 Å². The summed E-state index contributed by atoms with van der Waals surface area (Å²) in [5.41, 5.74) is -0.550. The summed E-state index contributed by atoms with van der Waals surface area (Å²) in [7, 11) is -12.6.